The molecule has 160 valence electrons. The predicted octanol–water partition coefficient (Wildman–Crippen LogP) is 3.83. The van der Waals surface area contributed by atoms with Crippen LogP contribution in [0.5, 0.6) is 5.75 Å². The number of nitrogens with zero attached hydrogens (tertiary/aromatic N) is 1. The number of aliphatic imine (C=N–C) groups is 1. The van der Waals surface area contributed by atoms with Crippen LogP contribution in [0.25, 0.3) is 0 Å². The molecule has 0 aliphatic heterocycles. The number of rotatable bonds is 9. The molecule has 0 bridgehead atoms. The number of nitrogens with two attached hydrogens (primary N) is 1. The second-order valence-corrected chi connectivity index (χ2v) is 7.56. The maximum Gasteiger partial charge on any atom is 0.225 e. The molecule has 0 aliphatic carbocycles. The van der Waals surface area contributed by atoms with Gasteiger partial charge in [0.15, 0.2) is 0 Å². The minimum atomic E-state index is -0.378. The van der Waals surface area contributed by atoms with Crippen molar-refractivity contribution in [1.82, 2.24) is 5.32 Å². The fourth-order valence-corrected chi connectivity index (χ4v) is 3.24. The van der Waals surface area contributed by atoms with Crippen LogP contribution in [0.15, 0.2) is 83.9 Å². The summed E-state index contributed by atoms with van der Waals surface area (Å²) in [6, 6.07) is 25.3. The van der Waals surface area contributed by atoms with E-state index in [1.165, 1.54) is 5.56 Å². The third-order valence-electron chi connectivity index (χ3n) is 5.06. The second-order valence-electron chi connectivity index (χ2n) is 7.56. The summed E-state index contributed by atoms with van der Waals surface area (Å²) in [7, 11) is 1.62. The summed E-state index contributed by atoms with van der Waals surface area (Å²) in [5.74, 6) is 1.09. The predicted molar refractivity (Wildman–Crippen MR) is 125 cm³/mol. The van der Waals surface area contributed by atoms with Crippen LogP contribution < -0.4 is 15.8 Å². The van der Waals surface area contributed by atoms with Gasteiger partial charge in [-0.3, -0.25) is 9.79 Å². The van der Waals surface area contributed by atoms with E-state index in [1.807, 2.05) is 61.5 Å². The lowest BCUT2D eigenvalue weighted by Gasteiger charge is -2.19. The van der Waals surface area contributed by atoms with Gasteiger partial charge in [0.05, 0.1) is 26.1 Å². The van der Waals surface area contributed by atoms with Gasteiger partial charge in [-0.1, -0.05) is 72.3 Å². The van der Waals surface area contributed by atoms with Crippen molar-refractivity contribution in [3.63, 3.8) is 0 Å². The van der Waals surface area contributed by atoms with Gasteiger partial charge in [-0.2, -0.15) is 0 Å². The number of ether oxygens (including phenoxy) is 1. The molecule has 0 spiro atoms. The second kappa shape index (κ2) is 11.0. The number of hydrogen-bond donors (Lipinski definition) is 2. The van der Waals surface area contributed by atoms with Gasteiger partial charge in [0.2, 0.25) is 5.91 Å². The highest BCUT2D eigenvalue weighted by molar-refractivity contribution is 5.91. The zero-order valence-corrected chi connectivity index (χ0v) is 18.0. The van der Waals surface area contributed by atoms with Crippen molar-refractivity contribution in [2.24, 2.45) is 10.7 Å². The Kier molecular flexibility index (Phi) is 7.82. The van der Waals surface area contributed by atoms with Crippen molar-refractivity contribution in [1.29, 1.82) is 0 Å². The lowest BCUT2D eigenvalue weighted by atomic mass is 10.0. The third kappa shape index (κ3) is 7.00. The summed E-state index contributed by atoms with van der Waals surface area (Å²) >= 11 is 0. The molecule has 5 heteroatoms. The molecule has 0 saturated carbocycles. The van der Waals surface area contributed by atoms with Crippen molar-refractivity contribution in [3.8, 4) is 5.75 Å². The van der Waals surface area contributed by atoms with Gasteiger partial charge in [-0.15, -0.1) is 0 Å². The average Bonchev–Trinajstić information content (AvgIpc) is 2.79. The summed E-state index contributed by atoms with van der Waals surface area (Å²) < 4.78 is 5.18. The summed E-state index contributed by atoms with van der Waals surface area (Å²) in [6.07, 6.45) is 0.846. The summed E-state index contributed by atoms with van der Waals surface area (Å²) in [5.41, 5.74) is 10.6. The standard InChI is InChI=1S/C26H29N3O2/c1-19-8-10-20(11-9-19)16-24(26(27)28-18-22-6-4-3-5-7-22)29-25(30)17-21-12-14-23(31-2)15-13-21/h3-15,24H,16-18H2,1-2H3,(H2,27,28)(H,29,30)/t24-/m1/s1. The Morgan fingerprint density at radius 3 is 2.23 bits per heavy atom. The Morgan fingerprint density at radius 1 is 0.935 bits per heavy atom. The molecule has 0 fully saturated rings. The van der Waals surface area contributed by atoms with E-state index < -0.39 is 0 Å². The van der Waals surface area contributed by atoms with Crippen LogP contribution in [-0.2, 0) is 24.2 Å². The van der Waals surface area contributed by atoms with Gasteiger partial charge in [0.1, 0.15) is 11.6 Å². The Bertz CT molecular complexity index is 997. The highest BCUT2D eigenvalue weighted by atomic mass is 16.5. The monoisotopic (exact) mass is 415 g/mol. The fourth-order valence-electron chi connectivity index (χ4n) is 3.24. The molecule has 5 nitrogen and oxygen atoms in total. The van der Waals surface area contributed by atoms with E-state index in [0.29, 0.717) is 18.8 Å². The van der Waals surface area contributed by atoms with E-state index in [4.69, 9.17) is 10.5 Å². The van der Waals surface area contributed by atoms with E-state index in [9.17, 15) is 4.79 Å². The molecule has 0 saturated heterocycles. The Balaban J connectivity index is 1.71. The Hall–Kier alpha value is -3.60. The molecule has 0 unspecified atom stereocenters. The molecule has 0 aromatic heterocycles. The van der Waals surface area contributed by atoms with Crippen molar-refractivity contribution < 1.29 is 9.53 Å². The van der Waals surface area contributed by atoms with E-state index in [0.717, 1.165) is 22.4 Å². The Morgan fingerprint density at radius 2 is 1.58 bits per heavy atom. The van der Waals surface area contributed by atoms with Crippen LogP contribution in [-0.4, -0.2) is 24.9 Å². The maximum absolute atomic E-state index is 12.7. The molecular formula is C26H29N3O2. The van der Waals surface area contributed by atoms with Crippen molar-refractivity contribution in [2.45, 2.75) is 32.4 Å². The van der Waals surface area contributed by atoms with Crippen molar-refractivity contribution in [2.75, 3.05) is 7.11 Å². The van der Waals surface area contributed by atoms with Gasteiger partial charge in [-0.25, -0.2) is 0 Å². The maximum atomic E-state index is 12.7. The molecule has 3 aromatic carbocycles. The first kappa shape index (κ1) is 22.1. The number of nitrogens with one attached hydrogen (secondary N) is 1. The number of carbonyl (C=O) groups is 1. The van der Waals surface area contributed by atoms with Crippen molar-refractivity contribution in [3.05, 3.63) is 101 Å². The third-order valence-corrected chi connectivity index (χ3v) is 5.06. The number of hydrogen-bond acceptors (Lipinski definition) is 3. The van der Waals surface area contributed by atoms with Crippen LogP contribution in [0.2, 0.25) is 0 Å². The number of amidine groups is 1. The zero-order valence-electron chi connectivity index (χ0n) is 18.0. The first-order chi connectivity index (χ1) is 15.0. The highest BCUT2D eigenvalue weighted by Gasteiger charge is 2.17. The minimum absolute atomic E-state index is 0.0971. The number of carbonyl (C=O) groups excluding carboxylic acids is 1. The smallest absolute Gasteiger partial charge is 0.225 e. The van der Waals surface area contributed by atoms with E-state index in [1.54, 1.807) is 7.11 Å². The normalized spacial score (nSPS) is 12.3. The molecule has 3 rings (SSSR count). The zero-order chi connectivity index (χ0) is 22.1. The molecule has 3 N–H and O–H groups in total. The fraction of sp³-hybridized carbons (Fsp3) is 0.231. The molecule has 0 aliphatic rings. The molecule has 0 radical (unpaired) electrons. The average molecular weight is 416 g/mol. The lowest BCUT2D eigenvalue weighted by Crippen LogP contribution is -2.46. The largest absolute Gasteiger partial charge is 0.497 e. The quantitative estimate of drug-likeness (QED) is 0.412. The van der Waals surface area contributed by atoms with Gasteiger partial charge in [-0.05, 0) is 42.2 Å². The van der Waals surface area contributed by atoms with Crippen LogP contribution in [0.1, 0.15) is 22.3 Å². The first-order valence-corrected chi connectivity index (χ1v) is 10.3. The van der Waals surface area contributed by atoms with Gasteiger partial charge >= 0.3 is 0 Å². The molecular weight excluding hydrogens is 386 g/mol. The number of benzene rings is 3. The topological polar surface area (TPSA) is 76.7 Å². The summed E-state index contributed by atoms with van der Waals surface area (Å²) in [6.45, 7) is 2.53. The van der Waals surface area contributed by atoms with Crippen LogP contribution in [0.4, 0.5) is 0 Å². The van der Waals surface area contributed by atoms with Gasteiger partial charge < -0.3 is 15.8 Å². The van der Waals surface area contributed by atoms with Crippen LogP contribution in [0, 0.1) is 6.92 Å². The number of methoxy groups -OCH3 is 1. The molecule has 3 aromatic rings. The highest BCUT2D eigenvalue weighted by Crippen LogP contribution is 2.12. The van der Waals surface area contributed by atoms with Crippen molar-refractivity contribution >= 4 is 11.7 Å². The lowest BCUT2D eigenvalue weighted by molar-refractivity contribution is -0.120. The van der Waals surface area contributed by atoms with E-state index in [2.05, 4.69) is 34.6 Å². The van der Waals surface area contributed by atoms with Crippen LogP contribution >= 0.6 is 0 Å². The first-order valence-electron chi connectivity index (χ1n) is 10.3. The summed E-state index contributed by atoms with van der Waals surface area (Å²) in [4.78, 5) is 17.3. The molecule has 31 heavy (non-hydrogen) atoms. The van der Waals surface area contributed by atoms with Gasteiger partial charge in [0, 0.05) is 0 Å². The van der Waals surface area contributed by atoms with Crippen LogP contribution in [0.3, 0.4) is 0 Å². The molecule has 0 heterocycles. The summed E-state index contributed by atoms with van der Waals surface area (Å²) in [5, 5.41) is 3.07. The van der Waals surface area contributed by atoms with E-state index >= 15 is 0 Å². The van der Waals surface area contributed by atoms with E-state index in [-0.39, 0.29) is 18.4 Å². The molecule has 1 atom stereocenters. The number of amides is 1. The Labute approximate surface area is 184 Å². The van der Waals surface area contributed by atoms with Gasteiger partial charge in [0.25, 0.3) is 0 Å². The SMILES string of the molecule is COc1ccc(CC(=O)N[C@H](Cc2ccc(C)cc2)C(N)=NCc2ccccc2)cc1. The number of aryl methyl sites for hydroxylation is 1. The minimum Gasteiger partial charge on any atom is -0.497 e. The molecule has 1 amide bonds.